The Morgan fingerprint density at radius 1 is 1.10 bits per heavy atom. The maximum Gasteiger partial charge on any atom is 0.309 e. The molecule has 0 aromatic carbocycles. The van der Waals surface area contributed by atoms with Crippen LogP contribution in [0.4, 0.5) is 11.6 Å². The molecular formula is C31H47N7O4. The summed E-state index contributed by atoms with van der Waals surface area (Å²) in [4.78, 5) is 34.2. The van der Waals surface area contributed by atoms with Crippen molar-refractivity contribution in [2.45, 2.75) is 82.9 Å². The van der Waals surface area contributed by atoms with Gasteiger partial charge in [-0.25, -0.2) is 4.98 Å². The minimum absolute atomic E-state index is 0.0176. The van der Waals surface area contributed by atoms with Gasteiger partial charge in [0.15, 0.2) is 5.65 Å². The van der Waals surface area contributed by atoms with Crippen LogP contribution >= 0.6 is 0 Å². The number of fused-ring (bicyclic) bond motifs is 1. The van der Waals surface area contributed by atoms with E-state index in [2.05, 4.69) is 35.6 Å². The lowest BCUT2D eigenvalue weighted by Gasteiger charge is -2.29. The van der Waals surface area contributed by atoms with E-state index < -0.39 is 0 Å². The van der Waals surface area contributed by atoms with Crippen LogP contribution in [0.25, 0.3) is 5.65 Å². The number of amides is 1. The molecule has 11 heteroatoms. The Labute approximate surface area is 249 Å². The van der Waals surface area contributed by atoms with Crippen molar-refractivity contribution in [1.29, 1.82) is 0 Å². The standard InChI is InChI=1S/C31H47N7O4/c1-21(2)26-19-32-38-28(18-27(35-30(26)38)33-24-12-16-41-17-13-24)34-23-9-7-22(8-10-23)31(40)42-25-11-15-37(20-25)29(39)6-5-14-36(3)4/h5-6,18-19,21-25,34H,7-17,20H2,1-4H3,(H,33,35)/b6-5+. The first-order valence-electron chi connectivity index (χ1n) is 15.6. The summed E-state index contributed by atoms with van der Waals surface area (Å²) in [6.45, 7) is 7.68. The highest BCUT2D eigenvalue weighted by Gasteiger charge is 2.33. The first-order chi connectivity index (χ1) is 20.3. The minimum Gasteiger partial charge on any atom is -0.460 e. The van der Waals surface area contributed by atoms with Gasteiger partial charge in [-0.15, -0.1) is 0 Å². The highest BCUT2D eigenvalue weighted by molar-refractivity contribution is 5.87. The Morgan fingerprint density at radius 3 is 2.55 bits per heavy atom. The number of hydrogen-bond donors (Lipinski definition) is 2. The van der Waals surface area contributed by atoms with E-state index in [1.807, 2.05) is 35.8 Å². The first kappa shape index (κ1) is 30.3. The average molecular weight is 582 g/mol. The van der Waals surface area contributed by atoms with Gasteiger partial charge in [0.2, 0.25) is 5.91 Å². The van der Waals surface area contributed by atoms with Crippen molar-refractivity contribution in [3.8, 4) is 0 Å². The summed E-state index contributed by atoms with van der Waals surface area (Å²) >= 11 is 0. The molecule has 2 saturated heterocycles. The number of ether oxygens (including phenoxy) is 2. The van der Waals surface area contributed by atoms with Crippen molar-refractivity contribution in [1.82, 2.24) is 24.4 Å². The Balaban J connectivity index is 1.15. The molecule has 1 aliphatic carbocycles. The highest BCUT2D eigenvalue weighted by Crippen LogP contribution is 2.31. The molecule has 2 aromatic rings. The monoisotopic (exact) mass is 581 g/mol. The predicted molar refractivity (Wildman–Crippen MR) is 163 cm³/mol. The zero-order valence-corrected chi connectivity index (χ0v) is 25.6. The summed E-state index contributed by atoms with van der Waals surface area (Å²) in [6.07, 6.45) is 11.1. The molecule has 2 N–H and O–H groups in total. The maximum absolute atomic E-state index is 13.0. The SMILES string of the molecule is CC(C)c1cnn2c(NC3CCC(C(=O)OC4CCN(C(=O)/C=C/CN(C)C)C4)CC3)cc(NC3CCOCC3)nc12. The molecule has 5 rings (SSSR count). The molecule has 3 aliphatic rings. The van der Waals surface area contributed by atoms with Crippen LogP contribution < -0.4 is 10.6 Å². The summed E-state index contributed by atoms with van der Waals surface area (Å²) in [5.41, 5.74) is 2.00. The van der Waals surface area contributed by atoms with Crippen molar-refractivity contribution in [2.75, 3.05) is 57.6 Å². The molecule has 0 radical (unpaired) electrons. The average Bonchev–Trinajstić information content (AvgIpc) is 3.61. The second-order valence-corrected chi connectivity index (χ2v) is 12.5. The molecule has 1 unspecified atom stereocenters. The Bertz CT molecular complexity index is 1250. The molecule has 11 nitrogen and oxygen atoms in total. The number of likely N-dealkylation sites (tertiary alicyclic amines) is 1. The fourth-order valence-corrected chi connectivity index (χ4v) is 6.05. The molecule has 0 bridgehead atoms. The zero-order valence-electron chi connectivity index (χ0n) is 25.6. The number of esters is 1. The van der Waals surface area contributed by atoms with Gasteiger partial charge in [-0.3, -0.25) is 9.59 Å². The quantitative estimate of drug-likeness (QED) is 0.320. The van der Waals surface area contributed by atoms with Gasteiger partial charge in [0.25, 0.3) is 0 Å². The van der Waals surface area contributed by atoms with E-state index in [-0.39, 0.29) is 29.9 Å². The van der Waals surface area contributed by atoms with Crippen molar-refractivity contribution in [3.05, 3.63) is 30.0 Å². The van der Waals surface area contributed by atoms with Gasteiger partial charge >= 0.3 is 5.97 Å². The molecule has 4 heterocycles. The van der Waals surface area contributed by atoms with Gasteiger partial charge < -0.3 is 29.9 Å². The van der Waals surface area contributed by atoms with Crippen LogP contribution in [0, 0.1) is 5.92 Å². The number of anilines is 2. The van der Waals surface area contributed by atoms with E-state index in [4.69, 9.17) is 14.5 Å². The lowest BCUT2D eigenvalue weighted by atomic mass is 9.86. The number of likely N-dealkylation sites (N-methyl/N-ethyl adjacent to an activating group) is 1. The third-order valence-electron chi connectivity index (χ3n) is 8.58. The van der Waals surface area contributed by atoms with E-state index in [0.717, 1.165) is 81.1 Å². The highest BCUT2D eigenvalue weighted by atomic mass is 16.5. The normalized spacial score (nSPS) is 23.8. The number of hydrogen-bond acceptors (Lipinski definition) is 9. The molecule has 2 aromatic heterocycles. The minimum atomic E-state index is -0.221. The first-order valence-corrected chi connectivity index (χ1v) is 15.6. The summed E-state index contributed by atoms with van der Waals surface area (Å²) < 4.78 is 13.3. The zero-order chi connectivity index (χ0) is 29.6. The van der Waals surface area contributed by atoms with E-state index in [1.54, 1.807) is 11.0 Å². The van der Waals surface area contributed by atoms with Gasteiger partial charge in [-0.05, 0) is 58.5 Å². The summed E-state index contributed by atoms with van der Waals surface area (Å²) in [7, 11) is 3.93. The van der Waals surface area contributed by atoms with E-state index in [0.29, 0.717) is 31.5 Å². The molecule has 0 spiro atoms. The number of rotatable bonds is 10. The van der Waals surface area contributed by atoms with E-state index >= 15 is 0 Å². The van der Waals surface area contributed by atoms with Gasteiger partial charge in [-0.2, -0.15) is 9.61 Å². The van der Waals surface area contributed by atoms with Gasteiger partial charge in [0, 0.05) is 62.5 Å². The number of nitrogens with one attached hydrogen (secondary N) is 2. The molecule has 1 amide bonds. The lowest BCUT2D eigenvalue weighted by Crippen LogP contribution is -2.34. The fraction of sp³-hybridized carbons (Fsp3) is 0.677. The molecule has 1 saturated carbocycles. The van der Waals surface area contributed by atoms with Crippen LogP contribution in [0.1, 0.15) is 70.3 Å². The van der Waals surface area contributed by atoms with E-state index in [1.165, 1.54) is 0 Å². The van der Waals surface area contributed by atoms with Crippen LogP contribution in [-0.4, -0.2) is 101 Å². The van der Waals surface area contributed by atoms with Crippen LogP contribution in [0.15, 0.2) is 24.4 Å². The second kappa shape index (κ2) is 13.9. The summed E-state index contributed by atoms with van der Waals surface area (Å²) in [5, 5.41) is 12.0. The third-order valence-corrected chi connectivity index (χ3v) is 8.58. The fourth-order valence-electron chi connectivity index (χ4n) is 6.05. The number of aromatic nitrogens is 3. The van der Waals surface area contributed by atoms with Crippen LogP contribution in [0.5, 0.6) is 0 Å². The molecular weight excluding hydrogens is 534 g/mol. The number of nitrogens with zero attached hydrogens (tertiary/aromatic N) is 5. The third kappa shape index (κ3) is 7.60. The van der Waals surface area contributed by atoms with Crippen molar-refractivity contribution >= 4 is 29.2 Å². The van der Waals surface area contributed by atoms with Gasteiger partial charge in [0.1, 0.15) is 17.7 Å². The van der Waals surface area contributed by atoms with E-state index in [9.17, 15) is 9.59 Å². The molecule has 42 heavy (non-hydrogen) atoms. The van der Waals surface area contributed by atoms with Gasteiger partial charge in [0.05, 0.1) is 18.7 Å². The summed E-state index contributed by atoms with van der Waals surface area (Å²) in [5.74, 6) is 1.84. The molecule has 2 aliphatic heterocycles. The molecule has 3 fully saturated rings. The summed E-state index contributed by atoms with van der Waals surface area (Å²) in [6, 6.07) is 2.64. The topological polar surface area (TPSA) is 113 Å². The van der Waals surface area contributed by atoms with Crippen LogP contribution in [0.3, 0.4) is 0 Å². The van der Waals surface area contributed by atoms with Gasteiger partial charge in [-0.1, -0.05) is 19.9 Å². The Kier molecular flexibility index (Phi) is 9.99. The lowest BCUT2D eigenvalue weighted by molar-refractivity contribution is -0.155. The predicted octanol–water partition coefficient (Wildman–Crippen LogP) is 3.68. The van der Waals surface area contributed by atoms with Crippen molar-refractivity contribution in [3.63, 3.8) is 0 Å². The number of carbonyl (C=O) groups excluding carboxylic acids is 2. The largest absolute Gasteiger partial charge is 0.460 e. The Morgan fingerprint density at radius 2 is 1.83 bits per heavy atom. The van der Waals surface area contributed by atoms with Crippen molar-refractivity contribution in [2.24, 2.45) is 5.92 Å². The smallest absolute Gasteiger partial charge is 0.309 e. The van der Waals surface area contributed by atoms with Crippen LogP contribution in [-0.2, 0) is 19.1 Å². The van der Waals surface area contributed by atoms with Crippen molar-refractivity contribution < 1.29 is 19.1 Å². The van der Waals surface area contributed by atoms with Crippen LogP contribution in [0.2, 0.25) is 0 Å². The second-order valence-electron chi connectivity index (χ2n) is 12.5. The molecule has 230 valence electrons. The molecule has 1 atom stereocenters. The Hall–Kier alpha value is -3.18. The number of carbonyl (C=O) groups is 2. The maximum atomic E-state index is 13.0.